The van der Waals surface area contributed by atoms with Crippen LogP contribution in [0, 0.1) is 0 Å². The Morgan fingerprint density at radius 3 is 3.10 bits per heavy atom. The van der Waals surface area contributed by atoms with Gasteiger partial charge in [0.2, 0.25) is 0 Å². The predicted molar refractivity (Wildman–Crippen MR) is 80.3 cm³/mol. The van der Waals surface area contributed by atoms with Gasteiger partial charge in [-0.05, 0) is 25.1 Å². The van der Waals surface area contributed by atoms with Crippen LogP contribution >= 0.6 is 0 Å². The molecule has 2 heterocycles. The fourth-order valence-electron chi connectivity index (χ4n) is 2.02. The van der Waals surface area contributed by atoms with Gasteiger partial charge in [0.1, 0.15) is 6.26 Å². The lowest BCUT2D eigenvalue weighted by Gasteiger charge is -2.02. The van der Waals surface area contributed by atoms with Crippen molar-refractivity contribution in [2.75, 3.05) is 6.54 Å². The van der Waals surface area contributed by atoms with E-state index in [9.17, 15) is 0 Å². The third-order valence-corrected chi connectivity index (χ3v) is 3.03. The molecule has 3 aromatic rings. The summed E-state index contributed by atoms with van der Waals surface area (Å²) >= 11 is 0. The molecule has 0 saturated heterocycles. The fraction of sp³-hybridized carbons (Fsp3) is 0.250. The van der Waals surface area contributed by atoms with Crippen LogP contribution in [0.1, 0.15) is 19.0 Å². The zero-order valence-corrected chi connectivity index (χ0v) is 11.9. The number of para-hydroxylation sites is 1. The molecule has 0 aliphatic rings. The molecule has 1 aromatic carbocycles. The minimum Gasteiger partial charge on any atom is -0.417 e. The molecule has 0 saturated carbocycles. The molecule has 0 radical (unpaired) electrons. The van der Waals surface area contributed by atoms with Gasteiger partial charge in [-0.3, -0.25) is 4.98 Å². The average Bonchev–Trinajstić information content (AvgIpc) is 2.95. The summed E-state index contributed by atoms with van der Waals surface area (Å²) in [5.41, 5.74) is 1.76. The van der Waals surface area contributed by atoms with Gasteiger partial charge in [-0.25, -0.2) is 0 Å². The highest BCUT2D eigenvalue weighted by Gasteiger charge is 2.07. The summed E-state index contributed by atoms with van der Waals surface area (Å²) in [4.78, 5) is 8.62. The van der Waals surface area contributed by atoms with Crippen LogP contribution in [0.2, 0.25) is 0 Å². The fourth-order valence-corrected chi connectivity index (χ4v) is 2.02. The van der Waals surface area contributed by atoms with Gasteiger partial charge in [0.05, 0.1) is 17.4 Å². The summed E-state index contributed by atoms with van der Waals surface area (Å²) in [6, 6.07) is 9.80. The maximum absolute atomic E-state index is 5.61. The molecule has 0 spiro atoms. The van der Waals surface area contributed by atoms with Crippen molar-refractivity contribution in [2.45, 2.75) is 19.9 Å². The zero-order valence-electron chi connectivity index (χ0n) is 11.9. The summed E-state index contributed by atoms with van der Waals surface area (Å²) in [5, 5.41) is 4.28. The molecule has 0 bridgehead atoms. The Bertz CT molecular complexity index is 724. The smallest absolute Gasteiger partial charge is 0.399 e. The van der Waals surface area contributed by atoms with Gasteiger partial charge < -0.3 is 14.5 Å². The van der Waals surface area contributed by atoms with Crippen LogP contribution in [0.3, 0.4) is 0 Å². The van der Waals surface area contributed by atoms with E-state index in [0.717, 1.165) is 29.6 Å². The predicted octanol–water partition coefficient (Wildman–Crippen LogP) is 3.51. The Morgan fingerprint density at radius 1 is 1.29 bits per heavy atom. The number of oxazole rings is 1. The molecule has 0 aliphatic heterocycles. The quantitative estimate of drug-likeness (QED) is 0.701. The number of nitrogens with one attached hydrogen (secondary N) is 1. The molecule has 0 unspecified atom stereocenters. The Hall–Kier alpha value is -2.40. The van der Waals surface area contributed by atoms with Crippen molar-refractivity contribution >= 4 is 10.9 Å². The summed E-state index contributed by atoms with van der Waals surface area (Å²) in [6.45, 7) is 3.76. The second kappa shape index (κ2) is 6.37. The van der Waals surface area contributed by atoms with Gasteiger partial charge in [0, 0.05) is 11.9 Å². The normalized spacial score (nSPS) is 10.9. The van der Waals surface area contributed by atoms with Crippen LogP contribution in [0.5, 0.6) is 11.8 Å². The largest absolute Gasteiger partial charge is 0.417 e. The number of aromatic nitrogens is 2. The molecule has 3 rings (SSSR count). The molecular formula is C16H17N3O2. The van der Waals surface area contributed by atoms with Gasteiger partial charge in [-0.1, -0.05) is 25.1 Å². The van der Waals surface area contributed by atoms with E-state index in [0.29, 0.717) is 12.3 Å². The lowest BCUT2D eigenvalue weighted by molar-refractivity contribution is 0.330. The molecule has 0 atom stereocenters. The molecule has 0 amide bonds. The Kier molecular flexibility index (Phi) is 4.12. The summed E-state index contributed by atoms with van der Waals surface area (Å²) in [5.74, 6) is 0.614. The molecule has 2 aromatic heterocycles. The van der Waals surface area contributed by atoms with Crippen molar-refractivity contribution in [3.8, 4) is 11.8 Å². The van der Waals surface area contributed by atoms with Gasteiger partial charge in [-0.15, -0.1) is 0 Å². The van der Waals surface area contributed by atoms with Crippen LogP contribution in [0.15, 0.2) is 47.2 Å². The van der Waals surface area contributed by atoms with E-state index in [1.165, 1.54) is 0 Å². The van der Waals surface area contributed by atoms with Crippen LogP contribution in [-0.2, 0) is 6.54 Å². The van der Waals surface area contributed by atoms with Crippen LogP contribution < -0.4 is 10.1 Å². The summed E-state index contributed by atoms with van der Waals surface area (Å²) in [6.07, 6.45) is 4.60. The Labute approximate surface area is 123 Å². The SMILES string of the molecule is CCCNCc1coc(Oc2cnc3ccccc3c2)n1. The first-order chi connectivity index (χ1) is 10.3. The van der Waals surface area contributed by atoms with Crippen molar-refractivity contribution < 1.29 is 9.15 Å². The molecule has 108 valence electrons. The molecular weight excluding hydrogens is 266 g/mol. The van der Waals surface area contributed by atoms with Gasteiger partial charge in [0.15, 0.2) is 5.75 Å². The van der Waals surface area contributed by atoms with Crippen LogP contribution in [0.4, 0.5) is 0 Å². The molecule has 0 fully saturated rings. The summed E-state index contributed by atoms with van der Waals surface area (Å²) in [7, 11) is 0. The highest BCUT2D eigenvalue weighted by atomic mass is 16.6. The van der Waals surface area contributed by atoms with Gasteiger partial charge in [0.25, 0.3) is 0 Å². The number of pyridine rings is 1. The van der Waals surface area contributed by atoms with E-state index in [1.807, 2.05) is 30.3 Å². The van der Waals surface area contributed by atoms with Gasteiger partial charge in [-0.2, -0.15) is 4.98 Å². The van der Waals surface area contributed by atoms with Crippen molar-refractivity contribution in [2.24, 2.45) is 0 Å². The number of fused-ring (bicyclic) bond motifs is 1. The van der Waals surface area contributed by atoms with E-state index in [-0.39, 0.29) is 6.08 Å². The first kappa shape index (κ1) is 13.6. The average molecular weight is 283 g/mol. The van der Waals surface area contributed by atoms with E-state index in [4.69, 9.17) is 9.15 Å². The number of benzene rings is 1. The number of nitrogens with zero attached hydrogens (tertiary/aromatic N) is 2. The zero-order chi connectivity index (χ0) is 14.5. The highest BCUT2D eigenvalue weighted by Crippen LogP contribution is 2.23. The van der Waals surface area contributed by atoms with Gasteiger partial charge >= 0.3 is 6.08 Å². The van der Waals surface area contributed by atoms with E-state index >= 15 is 0 Å². The van der Waals surface area contributed by atoms with E-state index < -0.39 is 0 Å². The maximum atomic E-state index is 5.61. The second-order valence-electron chi connectivity index (χ2n) is 4.75. The Morgan fingerprint density at radius 2 is 2.19 bits per heavy atom. The number of rotatable bonds is 6. The minimum absolute atomic E-state index is 0.236. The third kappa shape index (κ3) is 3.38. The van der Waals surface area contributed by atoms with Crippen LogP contribution in [0.25, 0.3) is 10.9 Å². The van der Waals surface area contributed by atoms with Crippen molar-refractivity contribution in [1.29, 1.82) is 0 Å². The highest BCUT2D eigenvalue weighted by molar-refractivity contribution is 5.79. The number of hydrogen-bond donors (Lipinski definition) is 1. The number of ether oxygens (including phenoxy) is 1. The maximum Gasteiger partial charge on any atom is 0.399 e. The van der Waals surface area contributed by atoms with Crippen molar-refractivity contribution in [3.63, 3.8) is 0 Å². The topological polar surface area (TPSA) is 60.2 Å². The lowest BCUT2D eigenvalue weighted by atomic mass is 10.2. The molecule has 1 N–H and O–H groups in total. The molecule has 5 heteroatoms. The summed E-state index contributed by atoms with van der Waals surface area (Å²) < 4.78 is 10.9. The third-order valence-electron chi connectivity index (χ3n) is 3.03. The van der Waals surface area contributed by atoms with Crippen molar-refractivity contribution in [3.05, 3.63) is 48.5 Å². The van der Waals surface area contributed by atoms with E-state index in [1.54, 1.807) is 12.5 Å². The monoisotopic (exact) mass is 283 g/mol. The molecule has 5 nitrogen and oxygen atoms in total. The Balaban J connectivity index is 1.70. The first-order valence-corrected chi connectivity index (χ1v) is 7.03. The van der Waals surface area contributed by atoms with Crippen LogP contribution in [-0.4, -0.2) is 16.5 Å². The first-order valence-electron chi connectivity index (χ1n) is 7.03. The lowest BCUT2D eigenvalue weighted by Crippen LogP contribution is -2.13. The molecule has 0 aliphatic carbocycles. The minimum atomic E-state index is 0.236. The second-order valence-corrected chi connectivity index (χ2v) is 4.75. The van der Waals surface area contributed by atoms with Crippen molar-refractivity contribution in [1.82, 2.24) is 15.3 Å². The molecule has 21 heavy (non-hydrogen) atoms. The van der Waals surface area contributed by atoms with E-state index in [2.05, 4.69) is 22.2 Å². The standard InChI is InChI=1S/C16H17N3O2/c1-2-7-17-9-13-11-20-16(19-13)21-14-8-12-5-3-4-6-15(12)18-10-14/h3-6,8,10-11,17H,2,7,9H2,1H3. The number of hydrogen-bond acceptors (Lipinski definition) is 5.